The van der Waals surface area contributed by atoms with Crippen LogP contribution in [0.3, 0.4) is 0 Å². The molecular formula is C14H20N4O3. The van der Waals surface area contributed by atoms with Gasteiger partial charge in [-0.15, -0.1) is 0 Å². The molecule has 0 saturated carbocycles. The van der Waals surface area contributed by atoms with Crippen molar-refractivity contribution in [3.8, 4) is 0 Å². The van der Waals surface area contributed by atoms with Crippen LogP contribution in [0.5, 0.6) is 0 Å². The van der Waals surface area contributed by atoms with E-state index in [-0.39, 0.29) is 5.56 Å². The second-order valence-electron chi connectivity index (χ2n) is 4.81. The van der Waals surface area contributed by atoms with Crippen LogP contribution in [0.1, 0.15) is 22.7 Å². The van der Waals surface area contributed by atoms with E-state index >= 15 is 0 Å². The molecule has 7 nitrogen and oxygen atoms in total. The molecule has 0 saturated heterocycles. The minimum absolute atomic E-state index is 0.168. The van der Waals surface area contributed by atoms with Gasteiger partial charge >= 0.3 is 0 Å². The fraction of sp³-hybridized carbons (Fsp3) is 0.500. The lowest BCUT2D eigenvalue weighted by atomic mass is 10.1. The number of rotatable bonds is 7. The highest BCUT2D eigenvalue weighted by Gasteiger charge is 2.10. The second kappa shape index (κ2) is 7.03. The molecule has 0 spiro atoms. The predicted octanol–water partition coefficient (Wildman–Crippen LogP) is 1.22. The molecule has 0 atom stereocenters. The molecule has 2 aromatic heterocycles. The summed E-state index contributed by atoms with van der Waals surface area (Å²) in [7, 11) is 1.62. The number of anilines is 1. The van der Waals surface area contributed by atoms with Crippen molar-refractivity contribution in [2.45, 2.75) is 26.7 Å². The van der Waals surface area contributed by atoms with Gasteiger partial charge in [-0.25, -0.2) is 4.98 Å². The number of H-pyrrole nitrogens is 1. The fourth-order valence-corrected chi connectivity index (χ4v) is 2.10. The summed E-state index contributed by atoms with van der Waals surface area (Å²) in [6.07, 6.45) is 1.40. The van der Waals surface area contributed by atoms with Crippen LogP contribution in [0, 0.1) is 13.8 Å². The summed E-state index contributed by atoms with van der Waals surface area (Å²) in [5, 5.41) is 6.94. The Morgan fingerprint density at radius 2 is 2.19 bits per heavy atom. The lowest BCUT2D eigenvalue weighted by Crippen LogP contribution is -2.17. The largest absolute Gasteiger partial charge is 0.383 e. The van der Waals surface area contributed by atoms with Crippen molar-refractivity contribution in [2.75, 3.05) is 25.6 Å². The summed E-state index contributed by atoms with van der Waals surface area (Å²) in [4.78, 5) is 18.7. The monoisotopic (exact) mass is 292 g/mol. The van der Waals surface area contributed by atoms with Gasteiger partial charge in [0, 0.05) is 25.3 Å². The highest BCUT2D eigenvalue weighted by Crippen LogP contribution is 2.14. The number of aryl methyl sites for hydroxylation is 3. The molecule has 0 radical (unpaired) electrons. The Hall–Kier alpha value is -2.15. The van der Waals surface area contributed by atoms with E-state index in [4.69, 9.17) is 9.26 Å². The molecule has 0 aliphatic rings. The van der Waals surface area contributed by atoms with Gasteiger partial charge in [-0.3, -0.25) is 9.78 Å². The number of aromatic amines is 1. The summed E-state index contributed by atoms with van der Waals surface area (Å²) < 4.78 is 10.1. The molecule has 2 rings (SSSR count). The molecule has 0 aliphatic carbocycles. The maximum Gasteiger partial charge on any atom is 0.252 e. The Kier molecular flexibility index (Phi) is 5.10. The molecule has 21 heavy (non-hydrogen) atoms. The fourth-order valence-electron chi connectivity index (χ4n) is 2.10. The van der Waals surface area contributed by atoms with Gasteiger partial charge in [0.25, 0.3) is 5.56 Å². The van der Waals surface area contributed by atoms with Crippen molar-refractivity contribution < 1.29 is 9.26 Å². The molecule has 0 unspecified atom stereocenters. The highest BCUT2D eigenvalue weighted by atomic mass is 16.5. The first-order valence-corrected chi connectivity index (χ1v) is 6.85. The third-order valence-corrected chi connectivity index (χ3v) is 3.21. The zero-order valence-electron chi connectivity index (χ0n) is 12.5. The van der Waals surface area contributed by atoms with Crippen LogP contribution < -0.4 is 10.9 Å². The third kappa shape index (κ3) is 4.16. The Morgan fingerprint density at radius 3 is 2.86 bits per heavy atom. The molecule has 0 bridgehead atoms. The molecule has 114 valence electrons. The minimum Gasteiger partial charge on any atom is -0.383 e. The average Bonchev–Trinajstić information content (AvgIpc) is 2.76. The van der Waals surface area contributed by atoms with Gasteiger partial charge in [0.1, 0.15) is 5.76 Å². The van der Waals surface area contributed by atoms with Gasteiger partial charge in [0.15, 0.2) is 0 Å². The van der Waals surface area contributed by atoms with Gasteiger partial charge in [-0.2, -0.15) is 0 Å². The van der Waals surface area contributed by atoms with Crippen LogP contribution >= 0.6 is 0 Å². The van der Waals surface area contributed by atoms with E-state index in [1.54, 1.807) is 7.11 Å². The summed E-state index contributed by atoms with van der Waals surface area (Å²) in [6, 6.07) is 1.51. The number of hydrogen-bond donors (Lipinski definition) is 2. The normalized spacial score (nSPS) is 10.8. The van der Waals surface area contributed by atoms with Gasteiger partial charge in [0.05, 0.1) is 18.0 Å². The zero-order valence-corrected chi connectivity index (χ0v) is 12.5. The molecule has 7 heteroatoms. The van der Waals surface area contributed by atoms with E-state index in [1.807, 2.05) is 13.8 Å². The maximum atomic E-state index is 11.6. The molecule has 2 aromatic rings. The van der Waals surface area contributed by atoms with Crippen LogP contribution in [0.15, 0.2) is 15.4 Å². The summed E-state index contributed by atoms with van der Waals surface area (Å²) in [5.74, 6) is 1.28. The number of nitrogens with zero attached hydrogens (tertiary/aromatic N) is 2. The molecule has 2 N–H and O–H groups in total. The zero-order chi connectivity index (χ0) is 15.2. The number of aromatic nitrogens is 3. The predicted molar refractivity (Wildman–Crippen MR) is 78.6 cm³/mol. The van der Waals surface area contributed by atoms with Crippen LogP contribution in [0.2, 0.25) is 0 Å². The first-order chi connectivity index (χ1) is 10.1. The molecule has 2 heterocycles. The van der Waals surface area contributed by atoms with Crippen LogP contribution in [0.25, 0.3) is 0 Å². The highest BCUT2D eigenvalue weighted by molar-refractivity contribution is 5.26. The first kappa shape index (κ1) is 15.2. The lowest BCUT2D eigenvalue weighted by Gasteiger charge is -2.06. The van der Waals surface area contributed by atoms with Gasteiger partial charge < -0.3 is 14.6 Å². The quantitative estimate of drug-likeness (QED) is 0.745. The maximum absolute atomic E-state index is 11.6. The van der Waals surface area contributed by atoms with Crippen molar-refractivity contribution in [1.29, 1.82) is 0 Å². The van der Waals surface area contributed by atoms with Crippen LogP contribution in [-0.2, 0) is 17.6 Å². The topological polar surface area (TPSA) is 93.0 Å². The van der Waals surface area contributed by atoms with Crippen LogP contribution in [0.4, 0.5) is 5.95 Å². The Labute approximate surface area is 122 Å². The van der Waals surface area contributed by atoms with Gasteiger partial charge in [-0.1, -0.05) is 5.16 Å². The standard InChI is InChI=1S/C14H20N4O3/c1-9-12(10(2)21-18-9)5-4-11-8-13(19)17-14(16-11)15-6-7-20-3/h8H,4-7H2,1-3H3,(H2,15,16,17,19). The van der Waals surface area contributed by atoms with Crippen molar-refractivity contribution in [3.63, 3.8) is 0 Å². The molecule has 0 amide bonds. The van der Waals surface area contributed by atoms with Crippen molar-refractivity contribution in [1.82, 2.24) is 15.1 Å². The first-order valence-electron chi connectivity index (χ1n) is 6.85. The molecule has 0 fully saturated rings. The summed E-state index contributed by atoms with van der Waals surface area (Å²) >= 11 is 0. The van der Waals surface area contributed by atoms with Crippen molar-refractivity contribution >= 4 is 5.95 Å². The lowest BCUT2D eigenvalue weighted by molar-refractivity contribution is 0.210. The molecule has 0 aromatic carbocycles. The number of nitrogens with one attached hydrogen (secondary N) is 2. The summed E-state index contributed by atoms with van der Waals surface area (Å²) in [6.45, 7) is 4.94. The Bertz CT molecular complexity index is 628. The van der Waals surface area contributed by atoms with Gasteiger partial charge in [0.2, 0.25) is 5.95 Å². The number of ether oxygens (including phenoxy) is 1. The van der Waals surface area contributed by atoms with Crippen molar-refractivity contribution in [3.05, 3.63) is 39.1 Å². The Morgan fingerprint density at radius 1 is 1.38 bits per heavy atom. The smallest absolute Gasteiger partial charge is 0.252 e. The van der Waals surface area contributed by atoms with Gasteiger partial charge in [-0.05, 0) is 26.7 Å². The number of hydrogen-bond acceptors (Lipinski definition) is 6. The number of methoxy groups -OCH3 is 1. The minimum atomic E-state index is -0.168. The van der Waals surface area contributed by atoms with E-state index < -0.39 is 0 Å². The SMILES string of the molecule is COCCNc1nc(CCc2c(C)noc2C)cc(=O)[nH]1. The van der Waals surface area contributed by atoms with E-state index in [2.05, 4.69) is 20.4 Å². The third-order valence-electron chi connectivity index (χ3n) is 3.21. The molecular weight excluding hydrogens is 272 g/mol. The van der Waals surface area contributed by atoms with E-state index in [1.165, 1.54) is 6.07 Å². The summed E-state index contributed by atoms with van der Waals surface area (Å²) in [5.41, 5.74) is 2.53. The van der Waals surface area contributed by atoms with E-state index in [0.717, 1.165) is 29.1 Å². The Balaban J connectivity index is 2.04. The average molecular weight is 292 g/mol. The second-order valence-corrected chi connectivity index (χ2v) is 4.81. The molecule has 0 aliphatic heterocycles. The van der Waals surface area contributed by atoms with E-state index in [9.17, 15) is 4.79 Å². The van der Waals surface area contributed by atoms with Crippen molar-refractivity contribution in [2.24, 2.45) is 0 Å². The van der Waals surface area contributed by atoms with E-state index in [0.29, 0.717) is 25.5 Å². The van der Waals surface area contributed by atoms with Crippen LogP contribution in [-0.4, -0.2) is 35.4 Å².